The molecule has 16 heavy (non-hydrogen) atoms. The second-order valence-electron chi connectivity index (χ2n) is 2.99. The highest BCUT2D eigenvalue weighted by atomic mass is 35.5. The molecule has 0 aliphatic heterocycles. The zero-order valence-corrected chi connectivity index (χ0v) is 9.43. The highest BCUT2D eigenvalue weighted by molar-refractivity contribution is 6.30. The molecular weight excluding hydrogens is 252 g/mol. The van der Waals surface area contributed by atoms with Crippen molar-refractivity contribution in [3.05, 3.63) is 46.6 Å². The maximum Gasteiger partial charge on any atom is 0.224 e. The molecule has 0 aliphatic rings. The van der Waals surface area contributed by atoms with Crippen molar-refractivity contribution >= 4 is 34.7 Å². The predicted molar refractivity (Wildman–Crippen MR) is 61.7 cm³/mol. The fraction of sp³-hybridized carbons (Fsp3) is 0. The normalized spacial score (nSPS) is 10.2. The zero-order chi connectivity index (χ0) is 11.5. The van der Waals surface area contributed by atoms with Crippen LogP contribution in [0.15, 0.2) is 30.5 Å². The molecule has 2 rings (SSSR count). The molecule has 0 fully saturated rings. The smallest absolute Gasteiger partial charge is 0.224 e. The Morgan fingerprint density at radius 3 is 2.69 bits per heavy atom. The molecule has 0 spiro atoms. The summed E-state index contributed by atoms with van der Waals surface area (Å²) in [4.78, 5) is 7.64. The minimum absolute atomic E-state index is 0.118. The van der Waals surface area contributed by atoms with E-state index in [1.54, 1.807) is 12.1 Å². The Kier molecular flexibility index (Phi) is 3.22. The number of nitrogens with zero attached hydrogens (tertiary/aromatic N) is 2. The Morgan fingerprint density at radius 1 is 1.19 bits per heavy atom. The average Bonchev–Trinajstić information content (AvgIpc) is 2.15. The molecule has 3 nitrogen and oxygen atoms in total. The van der Waals surface area contributed by atoms with E-state index in [0.29, 0.717) is 16.5 Å². The van der Waals surface area contributed by atoms with Gasteiger partial charge in [-0.3, -0.25) is 0 Å². The number of anilines is 2. The predicted octanol–water partition coefficient (Wildman–Crippen LogP) is 3.67. The molecular formula is C10H6Cl2FN3. The number of benzene rings is 1. The van der Waals surface area contributed by atoms with Crippen molar-refractivity contribution in [1.29, 1.82) is 0 Å². The number of hydrogen-bond donors (Lipinski definition) is 1. The minimum atomic E-state index is -0.421. The molecule has 1 N–H and O–H groups in total. The van der Waals surface area contributed by atoms with Crippen LogP contribution < -0.4 is 5.32 Å². The van der Waals surface area contributed by atoms with Crippen molar-refractivity contribution < 1.29 is 4.39 Å². The molecule has 0 saturated heterocycles. The quantitative estimate of drug-likeness (QED) is 0.835. The van der Waals surface area contributed by atoms with Gasteiger partial charge < -0.3 is 5.32 Å². The molecule has 82 valence electrons. The lowest BCUT2D eigenvalue weighted by atomic mass is 10.3. The summed E-state index contributed by atoms with van der Waals surface area (Å²) in [6.45, 7) is 0. The Morgan fingerprint density at radius 2 is 2.00 bits per heavy atom. The van der Waals surface area contributed by atoms with Gasteiger partial charge in [0.1, 0.15) is 11.6 Å². The summed E-state index contributed by atoms with van der Waals surface area (Å²) in [5.41, 5.74) is 0.500. The first kappa shape index (κ1) is 11.1. The molecule has 0 radical (unpaired) electrons. The second kappa shape index (κ2) is 4.63. The lowest BCUT2D eigenvalue weighted by Gasteiger charge is -2.05. The first-order valence-electron chi connectivity index (χ1n) is 4.35. The van der Waals surface area contributed by atoms with Crippen LogP contribution in [0, 0.1) is 5.82 Å². The van der Waals surface area contributed by atoms with E-state index < -0.39 is 5.82 Å². The standard InChI is InChI=1S/C10H6Cl2FN3/c11-6-3-7(13)5-8(4-6)15-9-1-2-14-10(12)16-9/h1-5H,(H,14,15,16). The molecule has 0 unspecified atom stereocenters. The SMILES string of the molecule is Fc1cc(Cl)cc(Nc2ccnc(Cl)n2)c1. The summed E-state index contributed by atoms with van der Waals surface area (Å²) < 4.78 is 13.0. The van der Waals surface area contributed by atoms with Crippen LogP contribution in [-0.2, 0) is 0 Å². The number of nitrogens with one attached hydrogen (secondary N) is 1. The van der Waals surface area contributed by atoms with Gasteiger partial charge in [0.25, 0.3) is 0 Å². The lowest BCUT2D eigenvalue weighted by Crippen LogP contribution is -1.95. The average molecular weight is 258 g/mol. The molecule has 1 heterocycles. The van der Waals surface area contributed by atoms with Gasteiger partial charge in [-0.15, -0.1) is 0 Å². The van der Waals surface area contributed by atoms with Gasteiger partial charge in [-0.1, -0.05) is 11.6 Å². The van der Waals surface area contributed by atoms with Crippen molar-refractivity contribution in [2.75, 3.05) is 5.32 Å². The van der Waals surface area contributed by atoms with Crippen LogP contribution in [0.25, 0.3) is 0 Å². The van der Waals surface area contributed by atoms with Gasteiger partial charge in [0, 0.05) is 16.9 Å². The van der Waals surface area contributed by atoms with E-state index in [2.05, 4.69) is 15.3 Å². The molecule has 1 aromatic carbocycles. The van der Waals surface area contributed by atoms with Crippen LogP contribution >= 0.6 is 23.2 Å². The Labute approximate surface area is 101 Å². The van der Waals surface area contributed by atoms with Gasteiger partial charge in [0.2, 0.25) is 5.28 Å². The molecule has 0 saturated carbocycles. The molecule has 1 aromatic heterocycles. The summed E-state index contributed by atoms with van der Waals surface area (Å²) in [5, 5.41) is 3.29. The fourth-order valence-electron chi connectivity index (χ4n) is 1.18. The summed E-state index contributed by atoms with van der Waals surface area (Å²) in [6, 6.07) is 5.73. The number of hydrogen-bond acceptors (Lipinski definition) is 3. The topological polar surface area (TPSA) is 37.8 Å². The third kappa shape index (κ3) is 2.81. The summed E-state index contributed by atoms with van der Waals surface area (Å²) >= 11 is 11.3. The van der Waals surface area contributed by atoms with Gasteiger partial charge in [-0.2, -0.15) is 0 Å². The Bertz CT molecular complexity index is 499. The molecule has 0 atom stereocenters. The first-order valence-corrected chi connectivity index (χ1v) is 5.11. The van der Waals surface area contributed by atoms with E-state index in [4.69, 9.17) is 23.2 Å². The van der Waals surface area contributed by atoms with Gasteiger partial charge >= 0.3 is 0 Å². The van der Waals surface area contributed by atoms with E-state index in [-0.39, 0.29) is 5.28 Å². The van der Waals surface area contributed by atoms with Gasteiger partial charge in [-0.05, 0) is 35.9 Å². The monoisotopic (exact) mass is 257 g/mol. The van der Waals surface area contributed by atoms with E-state index in [0.717, 1.165) is 0 Å². The first-order chi connectivity index (χ1) is 7.63. The highest BCUT2D eigenvalue weighted by Crippen LogP contribution is 2.21. The molecule has 0 aliphatic carbocycles. The maximum atomic E-state index is 13.0. The van der Waals surface area contributed by atoms with Crippen LogP contribution in [0.2, 0.25) is 10.3 Å². The van der Waals surface area contributed by atoms with Crippen molar-refractivity contribution in [3.63, 3.8) is 0 Å². The largest absolute Gasteiger partial charge is 0.340 e. The number of aromatic nitrogens is 2. The van der Waals surface area contributed by atoms with Crippen LogP contribution in [0.5, 0.6) is 0 Å². The van der Waals surface area contributed by atoms with Gasteiger partial charge in [0.05, 0.1) is 0 Å². The molecule has 0 amide bonds. The van der Waals surface area contributed by atoms with E-state index in [9.17, 15) is 4.39 Å². The van der Waals surface area contributed by atoms with Crippen molar-refractivity contribution in [1.82, 2.24) is 9.97 Å². The number of halogens is 3. The van der Waals surface area contributed by atoms with Crippen LogP contribution in [0.3, 0.4) is 0 Å². The van der Waals surface area contributed by atoms with Crippen LogP contribution in [0.4, 0.5) is 15.9 Å². The third-order valence-corrected chi connectivity index (χ3v) is 2.16. The molecule has 0 bridgehead atoms. The van der Waals surface area contributed by atoms with Crippen LogP contribution in [0.1, 0.15) is 0 Å². The zero-order valence-electron chi connectivity index (χ0n) is 7.92. The highest BCUT2D eigenvalue weighted by Gasteiger charge is 2.01. The summed E-state index contributed by atoms with van der Waals surface area (Å²) in [5.74, 6) is 0.0526. The fourth-order valence-corrected chi connectivity index (χ4v) is 1.55. The maximum absolute atomic E-state index is 13.0. The van der Waals surface area contributed by atoms with Crippen LogP contribution in [-0.4, -0.2) is 9.97 Å². The minimum Gasteiger partial charge on any atom is -0.340 e. The van der Waals surface area contributed by atoms with Crippen molar-refractivity contribution in [2.24, 2.45) is 0 Å². The summed E-state index contributed by atoms with van der Waals surface area (Å²) in [7, 11) is 0. The summed E-state index contributed by atoms with van der Waals surface area (Å²) in [6.07, 6.45) is 1.50. The second-order valence-corrected chi connectivity index (χ2v) is 3.77. The number of rotatable bonds is 2. The Balaban J connectivity index is 2.27. The van der Waals surface area contributed by atoms with Crippen molar-refractivity contribution in [3.8, 4) is 0 Å². The molecule has 2 aromatic rings. The lowest BCUT2D eigenvalue weighted by molar-refractivity contribution is 0.628. The van der Waals surface area contributed by atoms with Crippen molar-refractivity contribution in [2.45, 2.75) is 0 Å². The van der Waals surface area contributed by atoms with E-state index >= 15 is 0 Å². The van der Waals surface area contributed by atoms with Gasteiger partial charge in [-0.25, -0.2) is 14.4 Å². The van der Waals surface area contributed by atoms with Gasteiger partial charge in [0.15, 0.2) is 0 Å². The Hall–Kier alpha value is -1.39. The third-order valence-electron chi connectivity index (χ3n) is 1.76. The molecule has 6 heteroatoms. The van der Waals surface area contributed by atoms with E-state index in [1.807, 2.05) is 0 Å². The van der Waals surface area contributed by atoms with E-state index in [1.165, 1.54) is 18.3 Å².